The molecule has 5 heteroatoms. The van der Waals surface area contributed by atoms with E-state index in [9.17, 15) is 0 Å². The van der Waals surface area contributed by atoms with Crippen LogP contribution in [0, 0.1) is 0 Å². The number of rotatable bonds is 0. The largest absolute Gasteiger partial charge is 0.307 e. The summed E-state index contributed by atoms with van der Waals surface area (Å²) in [5.74, 6) is 0. The molecule has 10 heavy (non-hydrogen) atoms. The zero-order valence-electron chi connectivity index (χ0n) is 5.58. The summed E-state index contributed by atoms with van der Waals surface area (Å²) in [5, 5.41) is 0. The van der Waals surface area contributed by atoms with Crippen LogP contribution in [0.4, 0.5) is 0 Å². The van der Waals surface area contributed by atoms with Crippen LogP contribution >= 0.6 is 0 Å². The van der Waals surface area contributed by atoms with Gasteiger partial charge in [0.05, 0.1) is 0 Å². The van der Waals surface area contributed by atoms with Crippen LogP contribution in [0.25, 0.3) is 0 Å². The molecule has 0 atom stereocenters. The second kappa shape index (κ2) is 109. The average molecular weight is 150 g/mol. The first kappa shape index (κ1) is 40.2. The Hall–Kier alpha value is -1.65. The Labute approximate surface area is 59.0 Å². The van der Waals surface area contributed by atoms with Gasteiger partial charge >= 0.3 is 0 Å². The Morgan fingerprint density at radius 3 is 0.300 bits per heavy atom. The number of carbonyl (C=O) groups excluding carboxylic acids is 5. The van der Waals surface area contributed by atoms with Crippen LogP contribution in [0.2, 0.25) is 0 Å². The summed E-state index contributed by atoms with van der Waals surface area (Å²) in [6.07, 6.45) is 0. The van der Waals surface area contributed by atoms with E-state index in [1.54, 1.807) is 0 Å². The van der Waals surface area contributed by atoms with Crippen molar-refractivity contribution in [1.82, 2.24) is 0 Å². The Morgan fingerprint density at radius 2 is 0.300 bits per heavy atom. The molecule has 0 aliphatic carbocycles. The predicted molar refractivity (Wildman–Crippen MR) is 35.6 cm³/mol. The van der Waals surface area contributed by atoms with Gasteiger partial charge in [0.1, 0.15) is 33.9 Å². The highest BCUT2D eigenvalue weighted by molar-refractivity contribution is 5.11. The topological polar surface area (TPSA) is 85.3 Å². The van der Waals surface area contributed by atoms with Gasteiger partial charge in [-0.15, -0.1) is 0 Å². The zero-order valence-corrected chi connectivity index (χ0v) is 5.58. The lowest BCUT2D eigenvalue weighted by molar-refractivity contribution is -0.0987. The molecule has 0 radical (unpaired) electrons. The molecule has 0 aliphatic rings. The minimum atomic E-state index is 2.00. The van der Waals surface area contributed by atoms with Gasteiger partial charge in [0.25, 0.3) is 0 Å². The minimum Gasteiger partial charge on any atom is -0.307 e. The van der Waals surface area contributed by atoms with E-state index in [0.717, 1.165) is 0 Å². The fourth-order valence-corrected chi connectivity index (χ4v) is 0. The third-order valence-electron chi connectivity index (χ3n) is 0. The van der Waals surface area contributed by atoms with Gasteiger partial charge in [-0.2, -0.15) is 0 Å². The van der Waals surface area contributed by atoms with Crippen molar-refractivity contribution in [2.24, 2.45) is 0 Å². The van der Waals surface area contributed by atoms with Gasteiger partial charge in [0.15, 0.2) is 0 Å². The van der Waals surface area contributed by atoms with Crippen LogP contribution in [0.15, 0.2) is 0 Å². The van der Waals surface area contributed by atoms with E-state index < -0.39 is 0 Å². The Morgan fingerprint density at radius 1 is 0.300 bits per heavy atom. The lowest BCUT2D eigenvalue weighted by atomic mass is 11.9. The van der Waals surface area contributed by atoms with E-state index in [1.807, 2.05) is 33.9 Å². The molecular formula is C5H10O5. The summed E-state index contributed by atoms with van der Waals surface area (Å²) in [4.78, 5) is 40.0. The summed E-state index contributed by atoms with van der Waals surface area (Å²) in [6.45, 7) is 10.0. The standard InChI is InChI=1S/5CH2O/c5*1-2/h5*1H2. The molecule has 0 unspecified atom stereocenters. The molecule has 5 nitrogen and oxygen atoms in total. The third kappa shape index (κ3) is 66.8. The molecule has 0 aromatic rings. The van der Waals surface area contributed by atoms with E-state index in [1.165, 1.54) is 0 Å². The van der Waals surface area contributed by atoms with Gasteiger partial charge < -0.3 is 24.0 Å². The Balaban J connectivity index is -0.0000000104. The summed E-state index contributed by atoms with van der Waals surface area (Å²) in [7, 11) is 0. The highest BCUT2D eigenvalue weighted by Crippen LogP contribution is 0.502. The zero-order chi connectivity index (χ0) is 10.0. The van der Waals surface area contributed by atoms with Crippen LogP contribution in [0.3, 0.4) is 0 Å². The summed E-state index contributed by atoms with van der Waals surface area (Å²) in [6, 6.07) is 0. The van der Waals surface area contributed by atoms with Crippen molar-refractivity contribution in [3.8, 4) is 0 Å². The average Bonchev–Trinajstić information content (AvgIpc) is 2.20. The van der Waals surface area contributed by atoms with Crippen LogP contribution in [0.1, 0.15) is 0 Å². The third-order valence-corrected chi connectivity index (χ3v) is 0. The van der Waals surface area contributed by atoms with Crippen molar-refractivity contribution < 1.29 is 24.0 Å². The molecule has 0 amide bonds. The molecule has 0 fully saturated rings. The summed E-state index contributed by atoms with van der Waals surface area (Å²) >= 11 is 0. The minimum absolute atomic E-state index is 2.00. The van der Waals surface area contributed by atoms with Crippen molar-refractivity contribution in [2.45, 2.75) is 0 Å². The molecule has 0 saturated carbocycles. The molecule has 0 heterocycles. The number of carbonyl (C=O) groups is 5. The first-order valence-electron chi connectivity index (χ1n) is 1.44. The summed E-state index contributed by atoms with van der Waals surface area (Å²) in [5.41, 5.74) is 0. The molecular weight excluding hydrogens is 140 g/mol. The van der Waals surface area contributed by atoms with E-state index in [2.05, 4.69) is 0 Å². The molecule has 60 valence electrons. The predicted octanol–water partition coefficient (Wildman–Crippen LogP) is -0.925. The molecule has 0 spiro atoms. The monoisotopic (exact) mass is 150 g/mol. The van der Waals surface area contributed by atoms with Crippen LogP contribution in [-0.4, -0.2) is 33.9 Å². The second-order valence-corrected chi connectivity index (χ2v) is 0. The van der Waals surface area contributed by atoms with E-state index >= 15 is 0 Å². The maximum absolute atomic E-state index is 8.00. The fourth-order valence-electron chi connectivity index (χ4n) is 0. The van der Waals surface area contributed by atoms with Crippen LogP contribution in [-0.2, 0) is 24.0 Å². The second-order valence-electron chi connectivity index (χ2n) is 0. The van der Waals surface area contributed by atoms with Gasteiger partial charge in [-0.05, 0) is 0 Å². The first-order chi connectivity index (χ1) is 5.00. The van der Waals surface area contributed by atoms with Crippen molar-refractivity contribution in [3.63, 3.8) is 0 Å². The van der Waals surface area contributed by atoms with Crippen molar-refractivity contribution in [3.05, 3.63) is 0 Å². The molecule has 0 saturated heterocycles. The smallest absolute Gasteiger partial charge is 0.106 e. The van der Waals surface area contributed by atoms with Gasteiger partial charge in [-0.3, -0.25) is 0 Å². The highest BCUT2D eigenvalue weighted by atomic mass is 16.1. The molecule has 0 aromatic heterocycles. The highest BCUT2D eigenvalue weighted by Gasteiger charge is 0.644. The molecule has 0 aromatic carbocycles. The SMILES string of the molecule is C=O.C=O.C=O.C=O.C=O. The van der Waals surface area contributed by atoms with Gasteiger partial charge in [-0.1, -0.05) is 0 Å². The van der Waals surface area contributed by atoms with Crippen LogP contribution in [0.5, 0.6) is 0 Å². The van der Waals surface area contributed by atoms with Gasteiger partial charge in [0.2, 0.25) is 0 Å². The van der Waals surface area contributed by atoms with Crippen molar-refractivity contribution in [1.29, 1.82) is 0 Å². The Bertz CT molecular complexity index is 21.6. The van der Waals surface area contributed by atoms with E-state index in [-0.39, 0.29) is 0 Å². The number of hydrogen-bond donors (Lipinski definition) is 0. The molecule has 0 N–H and O–H groups in total. The van der Waals surface area contributed by atoms with Crippen molar-refractivity contribution >= 4 is 33.9 Å². The van der Waals surface area contributed by atoms with E-state index in [0.29, 0.717) is 0 Å². The van der Waals surface area contributed by atoms with Gasteiger partial charge in [0, 0.05) is 0 Å². The lowest BCUT2D eigenvalue weighted by Crippen LogP contribution is -0.925. The maximum atomic E-state index is 8.00. The maximum Gasteiger partial charge on any atom is 0.106 e. The normalized spacial score (nSPS) is 2.00. The fraction of sp³-hybridized carbons (Fsp3) is 0. The summed E-state index contributed by atoms with van der Waals surface area (Å²) < 4.78 is 0. The molecule has 0 bridgehead atoms. The van der Waals surface area contributed by atoms with Gasteiger partial charge in [-0.25, -0.2) is 0 Å². The van der Waals surface area contributed by atoms with Crippen LogP contribution < -0.4 is 0 Å². The molecule has 0 aliphatic heterocycles. The Kier molecular flexibility index (Phi) is 438. The van der Waals surface area contributed by atoms with E-state index in [4.69, 9.17) is 24.0 Å². The van der Waals surface area contributed by atoms with Crippen molar-refractivity contribution in [2.75, 3.05) is 0 Å². The number of hydrogen-bond acceptors (Lipinski definition) is 5. The first-order valence-corrected chi connectivity index (χ1v) is 1.44. The quantitative estimate of drug-likeness (QED) is 0.445. The lowest BCUT2D eigenvalue weighted by Gasteiger charge is -0.837. The molecule has 0 rings (SSSR count).